The number of carboxylic acids is 2. The van der Waals surface area contributed by atoms with Crippen LogP contribution in [0.4, 0.5) is 5.69 Å². The summed E-state index contributed by atoms with van der Waals surface area (Å²) in [4.78, 5) is 23.1. The number of phenolic OH excluding ortho intramolecular Hbond substituents is 1. The minimum Gasteiger partial charge on any atom is -0.502 e. The molecule has 0 unspecified atom stereocenters. The zero-order valence-electron chi connectivity index (χ0n) is 18.8. The molecule has 32 heavy (non-hydrogen) atoms. The number of ether oxygens (including phenoxy) is 2. The van der Waals surface area contributed by atoms with E-state index in [1.807, 2.05) is 12.1 Å². The molecule has 9 heteroatoms. The van der Waals surface area contributed by atoms with Crippen molar-refractivity contribution in [3.8, 4) is 17.2 Å². The Balaban J connectivity index is 0.000000534. The highest BCUT2D eigenvalue weighted by Gasteiger charge is 2.20. The Morgan fingerprint density at radius 1 is 0.938 bits per heavy atom. The Bertz CT molecular complexity index is 916. The van der Waals surface area contributed by atoms with Crippen molar-refractivity contribution in [3.05, 3.63) is 47.0 Å². The minimum absolute atomic E-state index is 0.0542. The topological polar surface area (TPSA) is 120 Å². The first-order chi connectivity index (χ1) is 15.2. The number of aromatic hydroxyl groups is 1. The molecule has 9 nitrogen and oxygen atoms in total. The van der Waals surface area contributed by atoms with E-state index >= 15 is 0 Å². The molecule has 174 valence electrons. The zero-order valence-corrected chi connectivity index (χ0v) is 18.8. The first-order valence-corrected chi connectivity index (χ1v) is 10.1. The van der Waals surface area contributed by atoms with E-state index in [4.69, 9.17) is 29.3 Å². The average Bonchev–Trinajstić information content (AvgIpc) is 2.77. The Hall–Kier alpha value is -3.46. The maximum atomic E-state index is 10.1. The van der Waals surface area contributed by atoms with Gasteiger partial charge in [0.25, 0.3) is 0 Å². The summed E-state index contributed by atoms with van der Waals surface area (Å²) in [7, 11) is 3.11. The summed E-state index contributed by atoms with van der Waals surface area (Å²) in [6.45, 7) is 9.20. The maximum absolute atomic E-state index is 10.1. The molecule has 1 aliphatic heterocycles. The van der Waals surface area contributed by atoms with Gasteiger partial charge in [0.15, 0.2) is 11.5 Å². The summed E-state index contributed by atoms with van der Waals surface area (Å²) in [6.07, 6.45) is 0. The molecule has 2 aromatic carbocycles. The lowest BCUT2D eigenvalue weighted by Gasteiger charge is -2.37. The number of nitrogens with zero attached hydrogens (tertiary/aromatic N) is 2. The van der Waals surface area contributed by atoms with Crippen molar-refractivity contribution in [2.75, 3.05) is 45.3 Å². The fraction of sp³-hybridized carbons (Fsp3) is 0.391. The summed E-state index contributed by atoms with van der Waals surface area (Å²) >= 11 is 0. The van der Waals surface area contributed by atoms with Crippen molar-refractivity contribution in [3.63, 3.8) is 0 Å². The van der Waals surface area contributed by atoms with Crippen LogP contribution in [0.25, 0.3) is 0 Å². The van der Waals surface area contributed by atoms with Gasteiger partial charge in [-0.25, -0.2) is 9.59 Å². The Morgan fingerprint density at radius 3 is 1.94 bits per heavy atom. The van der Waals surface area contributed by atoms with Gasteiger partial charge < -0.3 is 29.7 Å². The number of carboxylic acid groups (broad SMARTS) is 2. The van der Waals surface area contributed by atoms with Gasteiger partial charge in [-0.05, 0) is 48.7 Å². The largest absolute Gasteiger partial charge is 0.502 e. The fourth-order valence-corrected chi connectivity index (χ4v) is 3.52. The molecular formula is C23H30N2O7. The average molecular weight is 447 g/mol. The van der Waals surface area contributed by atoms with Gasteiger partial charge in [-0.2, -0.15) is 0 Å². The van der Waals surface area contributed by atoms with Gasteiger partial charge in [-0.3, -0.25) is 4.90 Å². The Kier molecular flexibility index (Phi) is 8.71. The number of piperazine rings is 1. The highest BCUT2D eigenvalue weighted by molar-refractivity contribution is 6.27. The number of hydrogen-bond donors (Lipinski definition) is 3. The summed E-state index contributed by atoms with van der Waals surface area (Å²) in [5.41, 5.74) is 5.14. The second kappa shape index (κ2) is 11.2. The van der Waals surface area contributed by atoms with Crippen LogP contribution in [0.5, 0.6) is 17.2 Å². The number of rotatable bonds is 5. The van der Waals surface area contributed by atoms with Crippen LogP contribution in [-0.2, 0) is 16.1 Å². The number of methoxy groups -OCH3 is 2. The second-order valence-corrected chi connectivity index (χ2v) is 7.44. The molecule has 1 aliphatic rings. The smallest absolute Gasteiger partial charge is 0.414 e. The minimum atomic E-state index is -1.82. The molecule has 0 saturated carbocycles. The molecule has 1 saturated heterocycles. The van der Waals surface area contributed by atoms with Crippen molar-refractivity contribution in [1.82, 2.24) is 4.90 Å². The highest BCUT2D eigenvalue weighted by atomic mass is 16.5. The number of hydrogen-bond acceptors (Lipinski definition) is 7. The lowest BCUT2D eigenvalue weighted by molar-refractivity contribution is -0.159. The van der Waals surface area contributed by atoms with E-state index in [0.717, 1.165) is 38.3 Å². The van der Waals surface area contributed by atoms with Gasteiger partial charge in [-0.1, -0.05) is 12.1 Å². The Morgan fingerprint density at radius 2 is 1.47 bits per heavy atom. The van der Waals surface area contributed by atoms with Crippen molar-refractivity contribution in [1.29, 1.82) is 0 Å². The first kappa shape index (κ1) is 24.8. The quantitative estimate of drug-likeness (QED) is 0.595. The summed E-state index contributed by atoms with van der Waals surface area (Å²) < 4.78 is 10.5. The van der Waals surface area contributed by atoms with E-state index in [0.29, 0.717) is 11.5 Å². The number of anilines is 1. The number of aliphatic carboxylic acids is 2. The molecule has 1 heterocycles. The van der Waals surface area contributed by atoms with E-state index in [9.17, 15) is 5.11 Å². The fourth-order valence-electron chi connectivity index (χ4n) is 3.52. The van der Waals surface area contributed by atoms with Crippen LogP contribution in [0.3, 0.4) is 0 Å². The molecule has 1 fully saturated rings. The molecule has 2 aromatic rings. The lowest BCUT2D eigenvalue weighted by atomic mass is 10.1. The molecule has 0 radical (unpaired) electrons. The van der Waals surface area contributed by atoms with E-state index in [2.05, 4.69) is 41.8 Å². The van der Waals surface area contributed by atoms with E-state index in [1.165, 1.54) is 16.8 Å². The maximum Gasteiger partial charge on any atom is 0.414 e. The highest BCUT2D eigenvalue weighted by Crippen LogP contribution is 2.37. The summed E-state index contributed by atoms with van der Waals surface area (Å²) in [5, 5.41) is 24.8. The predicted molar refractivity (Wildman–Crippen MR) is 120 cm³/mol. The van der Waals surface area contributed by atoms with Gasteiger partial charge >= 0.3 is 11.9 Å². The van der Waals surface area contributed by atoms with E-state index in [1.54, 1.807) is 14.2 Å². The number of aryl methyl sites for hydroxylation is 1. The van der Waals surface area contributed by atoms with Gasteiger partial charge in [-0.15, -0.1) is 0 Å². The van der Waals surface area contributed by atoms with Crippen LogP contribution in [-0.4, -0.2) is 72.6 Å². The number of phenols is 1. The molecule has 3 rings (SSSR count). The van der Waals surface area contributed by atoms with Gasteiger partial charge in [0.05, 0.1) is 14.2 Å². The molecule has 0 aromatic heterocycles. The first-order valence-electron chi connectivity index (χ1n) is 10.1. The van der Waals surface area contributed by atoms with Gasteiger partial charge in [0.2, 0.25) is 5.75 Å². The van der Waals surface area contributed by atoms with Crippen molar-refractivity contribution < 1.29 is 34.4 Å². The zero-order chi connectivity index (χ0) is 23.8. The van der Waals surface area contributed by atoms with E-state index in [-0.39, 0.29) is 5.75 Å². The summed E-state index contributed by atoms with van der Waals surface area (Å²) in [5.74, 6) is -2.69. The molecular weight excluding hydrogens is 416 g/mol. The number of benzene rings is 2. The van der Waals surface area contributed by atoms with Crippen LogP contribution in [0.1, 0.15) is 16.7 Å². The van der Waals surface area contributed by atoms with Crippen LogP contribution < -0.4 is 14.4 Å². The molecule has 0 bridgehead atoms. The molecule has 0 amide bonds. The Labute approximate surface area is 187 Å². The predicted octanol–water partition coefficient (Wildman–Crippen LogP) is 2.50. The second-order valence-electron chi connectivity index (χ2n) is 7.44. The lowest BCUT2D eigenvalue weighted by Crippen LogP contribution is -2.46. The third kappa shape index (κ3) is 6.27. The third-order valence-corrected chi connectivity index (χ3v) is 5.42. The van der Waals surface area contributed by atoms with Gasteiger partial charge in [0.1, 0.15) is 0 Å². The van der Waals surface area contributed by atoms with Crippen LogP contribution in [0.2, 0.25) is 0 Å². The standard InChI is InChI=1S/C21H28N2O3.C2H2O4/c1-15-6-5-7-18(16(15)2)23-10-8-22(9-11-23)14-17-12-19(25-3)21(24)20(13-17)26-4;3-1(4)2(5)6/h5-7,12-13,24H,8-11,14H2,1-4H3;(H,3,4)(H,5,6). The van der Waals surface area contributed by atoms with Crippen molar-refractivity contribution in [2.24, 2.45) is 0 Å². The van der Waals surface area contributed by atoms with Crippen LogP contribution in [0, 0.1) is 13.8 Å². The van der Waals surface area contributed by atoms with Crippen LogP contribution >= 0.6 is 0 Å². The van der Waals surface area contributed by atoms with Crippen LogP contribution in [0.15, 0.2) is 30.3 Å². The normalized spacial score (nSPS) is 13.7. The summed E-state index contributed by atoms with van der Waals surface area (Å²) in [6, 6.07) is 10.3. The third-order valence-electron chi connectivity index (χ3n) is 5.42. The van der Waals surface area contributed by atoms with Gasteiger partial charge in [0, 0.05) is 38.4 Å². The SMILES string of the molecule is COc1cc(CN2CCN(c3cccc(C)c3C)CC2)cc(OC)c1O.O=C(O)C(=O)O. The molecule has 0 atom stereocenters. The number of carbonyl (C=O) groups is 2. The van der Waals surface area contributed by atoms with Crippen molar-refractivity contribution in [2.45, 2.75) is 20.4 Å². The molecule has 0 aliphatic carbocycles. The van der Waals surface area contributed by atoms with E-state index < -0.39 is 11.9 Å². The molecule has 0 spiro atoms. The molecule has 3 N–H and O–H groups in total. The monoisotopic (exact) mass is 446 g/mol. The van der Waals surface area contributed by atoms with Crippen molar-refractivity contribution >= 4 is 17.6 Å².